The van der Waals surface area contributed by atoms with Crippen LogP contribution in [0.1, 0.15) is 11.1 Å². The summed E-state index contributed by atoms with van der Waals surface area (Å²) in [5.74, 6) is 0.438. The number of aryl methyl sites for hydroxylation is 1. The van der Waals surface area contributed by atoms with Crippen LogP contribution in [0.5, 0.6) is 0 Å². The lowest BCUT2D eigenvalue weighted by Crippen LogP contribution is -2.28. The van der Waals surface area contributed by atoms with Crippen molar-refractivity contribution in [1.82, 2.24) is 9.97 Å². The number of hydrazone groups is 1. The van der Waals surface area contributed by atoms with Crippen molar-refractivity contribution >= 4 is 34.8 Å². The lowest BCUT2D eigenvalue weighted by Gasteiger charge is -2.25. The van der Waals surface area contributed by atoms with Gasteiger partial charge in [-0.15, -0.1) is 0 Å². The van der Waals surface area contributed by atoms with Crippen molar-refractivity contribution in [3.63, 3.8) is 0 Å². The van der Waals surface area contributed by atoms with Crippen molar-refractivity contribution in [3.05, 3.63) is 89.5 Å². The molecule has 0 saturated heterocycles. The first-order valence-electron chi connectivity index (χ1n) is 10.4. The third kappa shape index (κ3) is 3.96. The Morgan fingerprint density at radius 3 is 2.66 bits per heavy atom. The van der Waals surface area contributed by atoms with Crippen LogP contribution in [0.3, 0.4) is 0 Å². The van der Waals surface area contributed by atoms with Gasteiger partial charge in [-0.05, 0) is 36.8 Å². The Labute approximate surface area is 186 Å². The van der Waals surface area contributed by atoms with E-state index in [0.29, 0.717) is 5.95 Å². The van der Waals surface area contributed by atoms with Crippen molar-refractivity contribution in [1.29, 1.82) is 0 Å². The summed E-state index contributed by atoms with van der Waals surface area (Å²) in [6.07, 6.45) is 3.54. The van der Waals surface area contributed by atoms with Gasteiger partial charge in [0.15, 0.2) is 6.23 Å². The van der Waals surface area contributed by atoms with Crippen LogP contribution in [-0.2, 0) is 4.74 Å². The lowest BCUT2D eigenvalue weighted by atomic mass is 10.0. The van der Waals surface area contributed by atoms with Gasteiger partial charge in [-0.3, -0.25) is 0 Å². The zero-order valence-electron chi connectivity index (χ0n) is 17.9. The van der Waals surface area contributed by atoms with Gasteiger partial charge in [-0.25, -0.2) is 15.4 Å². The average molecular weight is 422 g/mol. The van der Waals surface area contributed by atoms with E-state index in [2.05, 4.69) is 52.0 Å². The fourth-order valence-corrected chi connectivity index (χ4v) is 3.82. The van der Waals surface area contributed by atoms with Gasteiger partial charge in [0.2, 0.25) is 5.95 Å². The monoisotopic (exact) mass is 421 g/mol. The Hall–Kier alpha value is -4.03. The quantitative estimate of drug-likeness (QED) is 0.330. The Balaban J connectivity index is 1.46. The summed E-state index contributed by atoms with van der Waals surface area (Å²) in [5, 5.41) is 8.80. The number of nitrogens with one attached hydrogen (secondary N) is 2. The van der Waals surface area contributed by atoms with Crippen molar-refractivity contribution in [2.75, 3.05) is 17.9 Å². The summed E-state index contributed by atoms with van der Waals surface area (Å²) in [4.78, 5) is 9.37. The van der Waals surface area contributed by atoms with E-state index in [-0.39, 0.29) is 6.23 Å². The highest BCUT2D eigenvalue weighted by Crippen LogP contribution is 2.28. The van der Waals surface area contributed by atoms with E-state index >= 15 is 0 Å². The van der Waals surface area contributed by atoms with Crippen LogP contribution in [0.4, 0.5) is 11.6 Å². The molecule has 0 radical (unpaired) electrons. The number of ether oxygens (including phenoxy) is 1. The van der Waals surface area contributed by atoms with Crippen LogP contribution in [0, 0.1) is 6.92 Å². The summed E-state index contributed by atoms with van der Waals surface area (Å²) >= 11 is 0. The van der Waals surface area contributed by atoms with Crippen LogP contribution in [-0.4, -0.2) is 29.5 Å². The van der Waals surface area contributed by atoms with E-state index < -0.39 is 0 Å². The van der Waals surface area contributed by atoms with Crippen LogP contribution in [0.25, 0.3) is 28.2 Å². The molecule has 158 valence electrons. The third-order valence-electron chi connectivity index (χ3n) is 5.38. The predicted octanol–water partition coefficient (Wildman–Crippen LogP) is 5.48. The van der Waals surface area contributed by atoms with E-state index in [1.807, 2.05) is 54.6 Å². The maximum atomic E-state index is 5.60. The Morgan fingerprint density at radius 1 is 1.00 bits per heavy atom. The molecule has 2 heterocycles. The van der Waals surface area contributed by atoms with Crippen LogP contribution < -0.4 is 10.7 Å². The molecule has 1 aromatic heterocycles. The van der Waals surface area contributed by atoms with Gasteiger partial charge in [-0.1, -0.05) is 60.2 Å². The minimum atomic E-state index is -0.284. The predicted molar refractivity (Wildman–Crippen MR) is 131 cm³/mol. The lowest BCUT2D eigenvalue weighted by molar-refractivity contribution is 0.158. The summed E-state index contributed by atoms with van der Waals surface area (Å²) < 4.78 is 5.60. The summed E-state index contributed by atoms with van der Waals surface area (Å²) in [7, 11) is 1.67. The van der Waals surface area contributed by atoms with Gasteiger partial charge in [-0.2, -0.15) is 5.10 Å². The number of aromatic nitrogens is 2. The van der Waals surface area contributed by atoms with Gasteiger partial charge < -0.3 is 10.1 Å². The largest absolute Gasteiger partial charge is 0.357 e. The molecule has 0 bridgehead atoms. The molecule has 32 heavy (non-hydrogen) atoms. The molecule has 0 saturated carbocycles. The number of hydrogen-bond donors (Lipinski definition) is 2. The molecular weight excluding hydrogens is 398 g/mol. The zero-order valence-corrected chi connectivity index (χ0v) is 17.9. The topological polar surface area (TPSA) is 71.4 Å². The van der Waals surface area contributed by atoms with E-state index in [9.17, 15) is 0 Å². The maximum Gasteiger partial charge on any atom is 0.244 e. The van der Waals surface area contributed by atoms with E-state index in [4.69, 9.17) is 9.72 Å². The van der Waals surface area contributed by atoms with Crippen molar-refractivity contribution < 1.29 is 4.74 Å². The summed E-state index contributed by atoms with van der Waals surface area (Å²) in [6.45, 7) is 2.08. The number of hydrogen-bond acceptors (Lipinski definition) is 6. The van der Waals surface area contributed by atoms with Gasteiger partial charge in [0, 0.05) is 29.3 Å². The van der Waals surface area contributed by atoms with Crippen LogP contribution in [0.2, 0.25) is 0 Å². The van der Waals surface area contributed by atoms with Gasteiger partial charge in [0.25, 0.3) is 0 Å². The highest BCUT2D eigenvalue weighted by molar-refractivity contribution is 5.94. The molecule has 0 amide bonds. The number of fused-ring (bicyclic) bond motifs is 2. The van der Waals surface area contributed by atoms with Crippen molar-refractivity contribution in [2.45, 2.75) is 13.2 Å². The average Bonchev–Trinajstić information content (AvgIpc) is 2.83. The molecule has 0 fully saturated rings. The standard InChI is InChI=1S/C26H23N5O/c1-17-12-13-22-19(14-17)15-20(25(28-22)32-2)16-27-31-26-29-23-11-7-6-10-21(23)24(30-26)18-8-4-3-5-9-18/h3-16,25,28H,1-2H3,(H,29,30,31)/b27-16+. The zero-order chi connectivity index (χ0) is 21.9. The molecule has 5 rings (SSSR count). The highest BCUT2D eigenvalue weighted by Gasteiger charge is 2.19. The first kappa shape index (κ1) is 19.9. The van der Waals surface area contributed by atoms with Crippen molar-refractivity contribution in [3.8, 4) is 11.3 Å². The molecule has 4 aromatic rings. The van der Waals surface area contributed by atoms with Crippen molar-refractivity contribution in [2.24, 2.45) is 5.10 Å². The molecule has 1 atom stereocenters. The Morgan fingerprint density at radius 2 is 1.81 bits per heavy atom. The van der Waals surface area contributed by atoms with Crippen LogP contribution in [0.15, 0.2) is 83.5 Å². The molecule has 0 aliphatic carbocycles. The molecule has 2 N–H and O–H groups in total. The Bertz CT molecular complexity index is 1330. The normalized spacial score (nSPS) is 15.3. The number of anilines is 2. The van der Waals surface area contributed by atoms with Gasteiger partial charge in [0.05, 0.1) is 17.4 Å². The second kappa shape index (κ2) is 8.61. The summed E-state index contributed by atoms with van der Waals surface area (Å²) in [6, 6.07) is 24.3. The number of nitrogens with zero attached hydrogens (tertiary/aromatic N) is 3. The molecule has 1 aliphatic rings. The number of benzene rings is 3. The molecule has 6 heteroatoms. The number of rotatable bonds is 5. The molecule has 0 spiro atoms. The minimum Gasteiger partial charge on any atom is -0.357 e. The minimum absolute atomic E-state index is 0.284. The van der Waals surface area contributed by atoms with E-state index in [0.717, 1.165) is 39.0 Å². The molecule has 6 nitrogen and oxygen atoms in total. The number of methoxy groups -OCH3 is 1. The van der Waals surface area contributed by atoms with Gasteiger partial charge in [0.1, 0.15) is 0 Å². The second-order valence-electron chi connectivity index (χ2n) is 7.64. The fraction of sp³-hybridized carbons (Fsp3) is 0.115. The maximum absolute atomic E-state index is 5.60. The van der Waals surface area contributed by atoms with Crippen LogP contribution >= 0.6 is 0 Å². The van der Waals surface area contributed by atoms with E-state index in [1.165, 1.54) is 5.56 Å². The molecular formula is C26H23N5O. The Kier molecular flexibility index (Phi) is 5.35. The van der Waals surface area contributed by atoms with Gasteiger partial charge >= 0.3 is 0 Å². The molecule has 1 aliphatic heterocycles. The second-order valence-corrected chi connectivity index (χ2v) is 7.64. The SMILES string of the molecule is COC1Nc2ccc(C)cc2C=C1/C=N/Nc1nc(-c2ccccc2)c2ccccc2n1. The first-order valence-corrected chi connectivity index (χ1v) is 10.4. The first-order chi connectivity index (χ1) is 15.7. The smallest absolute Gasteiger partial charge is 0.244 e. The highest BCUT2D eigenvalue weighted by atomic mass is 16.5. The van der Waals surface area contributed by atoms with E-state index in [1.54, 1.807) is 13.3 Å². The molecule has 1 unspecified atom stereocenters. The third-order valence-corrected chi connectivity index (χ3v) is 5.38. The fourth-order valence-electron chi connectivity index (χ4n) is 3.82. The number of para-hydroxylation sites is 1. The summed E-state index contributed by atoms with van der Waals surface area (Å²) in [5.41, 5.74) is 10.0. The molecule has 3 aromatic carbocycles.